The molecule has 3 unspecified atom stereocenters. The maximum atomic E-state index is 12.3. The smallest absolute Gasteiger partial charge is 0.330 e. The highest BCUT2D eigenvalue weighted by atomic mass is 16.5. The Bertz CT molecular complexity index is 1500. The van der Waals surface area contributed by atoms with Gasteiger partial charge in [0.15, 0.2) is 0 Å². The Morgan fingerprint density at radius 3 is 2.43 bits per heavy atom. The largest absolute Gasteiger partial charge is 0.394 e. The van der Waals surface area contributed by atoms with Crippen molar-refractivity contribution in [2.75, 3.05) is 19.7 Å². The third kappa shape index (κ3) is 8.41. The Balaban J connectivity index is 1.15. The van der Waals surface area contributed by atoms with Crippen molar-refractivity contribution in [3.05, 3.63) is 80.4 Å². The van der Waals surface area contributed by atoms with Gasteiger partial charge in [-0.05, 0) is 61.6 Å². The molecule has 13 heteroatoms. The number of hydrogen-bond acceptors (Lipinski definition) is 9. The van der Waals surface area contributed by atoms with Crippen LogP contribution in [0.25, 0.3) is 11.4 Å². The summed E-state index contributed by atoms with van der Waals surface area (Å²) in [5, 5.41) is 24.7. The van der Waals surface area contributed by atoms with Crippen molar-refractivity contribution in [1.29, 1.82) is 0 Å². The monoisotopic (exact) mass is 580 g/mol. The van der Waals surface area contributed by atoms with Gasteiger partial charge < -0.3 is 25.6 Å². The van der Waals surface area contributed by atoms with E-state index in [0.717, 1.165) is 27.1 Å². The second-order valence-corrected chi connectivity index (χ2v) is 10.3. The number of carbonyl (C=O) groups excluding carboxylic acids is 2. The minimum Gasteiger partial charge on any atom is -0.394 e. The zero-order chi connectivity index (χ0) is 30.1. The summed E-state index contributed by atoms with van der Waals surface area (Å²) in [6.07, 6.45) is 4.08. The number of carbonyl (C=O) groups is 2. The van der Waals surface area contributed by atoms with Crippen molar-refractivity contribution >= 4 is 11.8 Å². The predicted molar refractivity (Wildman–Crippen MR) is 152 cm³/mol. The molecule has 4 rings (SSSR count). The van der Waals surface area contributed by atoms with Gasteiger partial charge in [0.2, 0.25) is 11.8 Å². The van der Waals surface area contributed by atoms with Crippen LogP contribution in [0.1, 0.15) is 48.6 Å². The summed E-state index contributed by atoms with van der Waals surface area (Å²) in [5.41, 5.74) is 2.67. The maximum absolute atomic E-state index is 12.3. The summed E-state index contributed by atoms with van der Waals surface area (Å²) in [6.45, 7) is 2.10. The minimum absolute atomic E-state index is 0.00532. The first-order valence-electron chi connectivity index (χ1n) is 13.9. The molecule has 1 saturated heterocycles. The highest BCUT2D eigenvalue weighted by molar-refractivity contribution is 5.77. The van der Waals surface area contributed by atoms with E-state index < -0.39 is 36.3 Å². The quantitative estimate of drug-likeness (QED) is 0.175. The summed E-state index contributed by atoms with van der Waals surface area (Å²) in [4.78, 5) is 59.9. The van der Waals surface area contributed by atoms with Crippen molar-refractivity contribution in [3.63, 3.8) is 0 Å². The number of aryl methyl sites for hydroxylation is 3. The first kappa shape index (κ1) is 30.8. The molecule has 13 nitrogen and oxygen atoms in total. The third-order valence-corrected chi connectivity index (χ3v) is 7.00. The molecule has 224 valence electrons. The maximum Gasteiger partial charge on any atom is 0.330 e. The van der Waals surface area contributed by atoms with Gasteiger partial charge in [0, 0.05) is 56.5 Å². The first-order valence-corrected chi connectivity index (χ1v) is 13.9. The van der Waals surface area contributed by atoms with Gasteiger partial charge in [0.05, 0.1) is 24.1 Å². The number of amides is 2. The Morgan fingerprint density at radius 1 is 1.05 bits per heavy atom. The molecule has 2 amide bonds. The number of rotatable bonds is 13. The van der Waals surface area contributed by atoms with Gasteiger partial charge in [0.1, 0.15) is 12.3 Å². The van der Waals surface area contributed by atoms with Gasteiger partial charge in [-0.25, -0.2) is 4.79 Å². The lowest BCUT2D eigenvalue weighted by molar-refractivity contribution is -0.122. The zero-order valence-electron chi connectivity index (χ0n) is 23.4. The highest BCUT2D eigenvalue weighted by Gasteiger charge is 2.35. The number of nitrogens with one attached hydrogen (secondary N) is 3. The molecule has 3 aromatic heterocycles. The third-order valence-electron chi connectivity index (χ3n) is 7.00. The Morgan fingerprint density at radius 2 is 1.74 bits per heavy atom. The molecule has 0 saturated carbocycles. The fourth-order valence-corrected chi connectivity index (χ4v) is 4.70. The number of aromatic amines is 1. The van der Waals surface area contributed by atoms with E-state index in [1.165, 1.54) is 6.20 Å². The van der Waals surface area contributed by atoms with E-state index in [-0.39, 0.29) is 49.7 Å². The summed E-state index contributed by atoms with van der Waals surface area (Å²) in [7, 11) is 0. The number of nitrogens with zero attached hydrogens (tertiary/aromatic N) is 3. The SMILES string of the molecule is Cc1ccnc(-c2cc(CCCC(=O)NCCNC(=O)CCc3cn(C4CC(O)C(CO)O4)c(=O)[nH]c3=O)ccn2)c1. The van der Waals surface area contributed by atoms with Crippen LogP contribution in [0.5, 0.6) is 0 Å². The van der Waals surface area contributed by atoms with Crippen LogP contribution in [0.4, 0.5) is 0 Å². The molecule has 4 heterocycles. The van der Waals surface area contributed by atoms with Gasteiger partial charge in [-0.3, -0.25) is 33.9 Å². The summed E-state index contributed by atoms with van der Waals surface area (Å²) >= 11 is 0. The molecule has 0 aliphatic carbocycles. The van der Waals surface area contributed by atoms with Crippen molar-refractivity contribution < 1.29 is 24.5 Å². The van der Waals surface area contributed by atoms with Gasteiger partial charge in [-0.15, -0.1) is 0 Å². The zero-order valence-corrected chi connectivity index (χ0v) is 23.4. The van der Waals surface area contributed by atoms with Gasteiger partial charge in [0.25, 0.3) is 5.56 Å². The Labute approximate surface area is 242 Å². The second kappa shape index (κ2) is 14.6. The van der Waals surface area contributed by atoms with E-state index >= 15 is 0 Å². The molecule has 0 aromatic carbocycles. The molecule has 42 heavy (non-hydrogen) atoms. The van der Waals surface area contributed by atoms with Crippen LogP contribution in [0.3, 0.4) is 0 Å². The van der Waals surface area contributed by atoms with Crippen molar-refractivity contribution in [3.8, 4) is 11.4 Å². The summed E-state index contributed by atoms with van der Waals surface area (Å²) in [6, 6.07) is 7.82. The standard InChI is InChI=1S/C29H36N6O7/c1-18-7-9-30-21(13-18)22-14-19(8-10-31-22)3-2-4-25(38)32-11-12-33-26(39)6-5-20-16-35(29(41)34-28(20)40)27-15-23(37)24(17-36)42-27/h7-10,13-14,16,23-24,27,36-37H,2-6,11-12,15,17H2,1H3,(H,32,38)(H,33,39)(H,34,40,41). The second-order valence-electron chi connectivity index (χ2n) is 10.3. The fraction of sp³-hybridized carbons (Fsp3) is 0.448. The van der Waals surface area contributed by atoms with Crippen molar-refractivity contribution in [1.82, 2.24) is 30.2 Å². The molecular formula is C29H36N6O7. The van der Waals surface area contributed by atoms with Crippen LogP contribution in [-0.4, -0.2) is 73.5 Å². The molecule has 0 bridgehead atoms. The van der Waals surface area contributed by atoms with E-state index in [0.29, 0.717) is 19.3 Å². The molecular weight excluding hydrogens is 544 g/mol. The van der Waals surface area contributed by atoms with Crippen LogP contribution in [-0.2, 0) is 27.2 Å². The minimum atomic E-state index is -0.940. The lowest BCUT2D eigenvalue weighted by Gasteiger charge is -2.15. The highest BCUT2D eigenvalue weighted by Crippen LogP contribution is 2.27. The fourth-order valence-electron chi connectivity index (χ4n) is 4.70. The number of H-pyrrole nitrogens is 1. The number of hydrogen-bond donors (Lipinski definition) is 5. The molecule has 1 aliphatic heterocycles. The van der Waals surface area contributed by atoms with Gasteiger partial charge >= 0.3 is 5.69 Å². The van der Waals surface area contributed by atoms with Crippen LogP contribution in [0, 0.1) is 6.92 Å². The van der Waals surface area contributed by atoms with Crippen LogP contribution < -0.4 is 21.9 Å². The normalized spacial score (nSPS) is 18.1. The van der Waals surface area contributed by atoms with Crippen LogP contribution >= 0.6 is 0 Å². The molecule has 0 radical (unpaired) electrons. The van der Waals surface area contributed by atoms with E-state index in [9.17, 15) is 29.4 Å². The predicted octanol–water partition coefficient (Wildman–Crippen LogP) is 0.131. The van der Waals surface area contributed by atoms with E-state index in [1.807, 2.05) is 31.2 Å². The summed E-state index contributed by atoms with van der Waals surface area (Å²) in [5.74, 6) is -0.429. The number of pyridine rings is 2. The van der Waals surface area contributed by atoms with Crippen molar-refractivity contribution in [2.24, 2.45) is 0 Å². The summed E-state index contributed by atoms with van der Waals surface area (Å²) < 4.78 is 6.64. The van der Waals surface area contributed by atoms with Crippen LogP contribution in [0.15, 0.2) is 52.4 Å². The lowest BCUT2D eigenvalue weighted by Crippen LogP contribution is -2.36. The number of aliphatic hydroxyl groups is 2. The molecule has 3 aromatic rings. The Hall–Kier alpha value is -4.20. The molecule has 3 atom stereocenters. The molecule has 5 N–H and O–H groups in total. The van der Waals surface area contributed by atoms with Crippen molar-refractivity contribution in [2.45, 2.75) is 63.9 Å². The van der Waals surface area contributed by atoms with E-state index in [4.69, 9.17) is 4.74 Å². The topological polar surface area (TPSA) is 189 Å². The average molecular weight is 581 g/mol. The Kier molecular flexibility index (Phi) is 10.7. The number of aromatic nitrogens is 4. The van der Waals surface area contributed by atoms with Gasteiger partial charge in [-0.2, -0.15) is 0 Å². The molecule has 0 spiro atoms. The number of aliphatic hydroxyl groups excluding tert-OH is 2. The van der Waals surface area contributed by atoms with E-state index in [2.05, 4.69) is 25.6 Å². The van der Waals surface area contributed by atoms with E-state index in [1.54, 1.807) is 12.4 Å². The molecule has 1 aliphatic rings. The van der Waals surface area contributed by atoms with Crippen LogP contribution in [0.2, 0.25) is 0 Å². The lowest BCUT2D eigenvalue weighted by atomic mass is 10.1. The molecule has 1 fully saturated rings. The van der Waals surface area contributed by atoms with Gasteiger partial charge in [-0.1, -0.05) is 0 Å². The number of ether oxygens (including phenoxy) is 1. The first-order chi connectivity index (χ1) is 20.2. The average Bonchev–Trinajstić information content (AvgIpc) is 3.35.